The van der Waals surface area contributed by atoms with Crippen LogP contribution in [0.2, 0.25) is 0 Å². The molecule has 6 rings (SSSR count). The summed E-state index contributed by atoms with van der Waals surface area (Å²) < 4.78 is 11.8. The summed E-state index contributed by atoms with van der Waals surface area (Å²) >= 11 is 0.906. The molecule has 7 nitrogen and oxygen atoms in total. The van der Waals surface area contributed by atoms with Crippen LogP contribution in [0.5, 0.6) is 0 Å². The number of benzene rings is 1. The molecule has 0 aliphatic heterocycles. The Balaban J connectivity index is 1.39. The number of thioether (sulfide) groups is 1. The minimum atomic E-state index is -1.61. The van der Waals surface area contributed by atoms with Crippen LogP contribution in [0.25, 0.3) is 0 Å². The molecule has 8 atom stereocenters. The molecule has 244 valence electrons. The number of hydrogen-bond donors (Lipinski definition) is 1. The lowest BCUT2D eigenvalue weighted by Gasteiger charge is -2.65. The lowest BCUT2D eigenvalue weighted by Crippen LogP contribution is -2.67. The summed E-state index contributed by atoms with van der Waals surface area (Å²) in [7, 11) is 0. The Morgan fingerprint density at radius 1 is 1.09 bits per heavy atom. The highest BCUT2D eigenvalue weighted by atomic mass is 32.2. The van der Waals surface area contributed by atoms with Gasteiger partial charge in [-0.25, -0.2) is 4.79 Å². The van der Waals surface area contributed by atoms with Crippen molar-refractivity contribution in [1.82, 2.24) is 0 Å². The maximum Gasteiger partial charge on any atom is 0.375 e. The number of hydrogen-bond acceptors (Lipinski definition) is 8. The van der Waals surface area contributed by atoms with Crippen LogP contribution in [0.15, 0.2) is 58.7 Å². The van der Waals surface area contributed by atoms with Crippen LogP contribution in [0, 0.1) is 54.8 Å². The summed E-state index contributed by atoms with van der Waals surface area (Å²) in [5, 5.41) is 11.9. The monoisotopic (exact) mass is 644 g/mol. The van der Waals surface area contributed by atoms with Crippen molar-refractivity contribution in [2.24, 2.45) is 34.0 Å². The van der Waals surface area contributed by atoms with E-state index in [9.17, 15) is 24.3 Å². The lowest BCUT2D eigenvalue weighted by atomic mass is 9.40. The third-order valence-corrected chi connectivity index (χ3v) is 13.5. The minimum Gasteiger partial charge on any atom is -0.457 e. The number of Topliss-reactive ketones (excluding diaryl/α,β-unsaturated/α-hetero) is 1. The molecule has 4 aliphatic carbocycles. The zero-order valence-electron chi connectivity index (χ0n) is 27.8. The summed E-state index contributed by atoms with van der Waals surface area (Å²) in [6, 6.07) is 7.04. The molecule has 1 N–H and O–H groups in total. The summed E-state index contributed by atoms with van der Waals surface area (Å²) in [4.78, 5) is 54.3. The van der Waals surface area contributed by atoms with Gasteiger partial charge < -0.3 is 14.3 Å². The van der Waals surface area contributed by atoms with Gasteiger partial charge in [-0.05, 0) is 93.7 Å². The van der Waals surface area contributed by atoms with Crippen LogP contribution in [0.4, 0.5) is 0 Å². The summed E-state index contributed by atoms with van der Waals surface area (Å²) in [5.41, 5.74) is 0.772. The standard InChI is InChI=1S/C38H44O7S/c1-21-15-22(2)32(23(3)16-21)29(40)20-46-34(43)38(45-33(42)30-9-8-14-44-30)24(4)17-28-27-11-10-25-18-26(39)12-13-35(25,5)37(27,7)31(41)19-36(28,38)6/h8-9,12-16,18,24,27-28,31,41H,10-11,17,19-20H2,1-7H3/t24-,27?,28?,31+,35+,36+,37-,38+/m1/s1. The Labute approximate surface area is 275 Å². The zero-order valence-corrected chi connectivity index (χ0v) is 28.6. The Morgan fingerprint density at radius 2 is 1.78 bits per heavy atom. The number of ether oxygens (including phenoxy) is 1. The van der Waals surface area contributed by atoms with Gasteiger partial charge in [0.15, 0.2) is 17.2 Å². The Morgan fingerprint density at radius 3 is 2.43 bits per heavy atom. The van der Waals surface area contributed by atoms with Crippen molar-refractivity contribution in [3.63, 3.8) is 0 Å². The van der Waals surface area contributed by atoms with Gasteiger partial charge in [0.05, 0.1) is 18.1 Å². The fourth-order valence-corrected chi connectivity index (χ4v) is 11.3. The molecule has 0 radical (unpaired) electrons. The first kappa shape index (κ1) is 32.7. The number of ketones is 2. The smallest absolute Gasteiger partial charge is 0.375 e. The number of fused-ring (bicyclic) bond motifs is 5. The Kier molecular flexibility index (Phi) is 7.95. The van der Waals surface area contributed by atoms with Crippen LogP contribution in [0.1, 0.15) is 91.0 Å². The van der Waals surface area contributed by atoms with Crippen molar-refractivity contribution in [2.45, 2.75) is 85.9 Å². The second-order valence-corrected chi connectivity index (χ2v) is 15.7. The topological polar surface area (TPSA) is 111 Å². The van der Waals surface area contributed by atoms with Crippen molar-refractivity contribution < 1.29 is 33.4 Å². The molecule has 4 aliphatic rings. The van der Waals surface area contributed by atoms with Crippen molar-refractivity contribution in [3.8, 4) is 0 Å². The fraction of sp³-hybridized carbons (Fsp3) is 0.526. The number of esters is 1. The Hall–Kier alpha value is -3.23. The molecule has 0 bridgehead atoms. The van der Waals surface area contributed by atoms with Crippen molar-refractivity contribution in [1.29, 1.82) is 0 Å². The van der Waals surface area contributed by atoms with E-state index in [1.54, 1.807) is 18.2 Å². The number of aliphatic hydroxyl groups excluding tert-OH is 1. The first-order chi connectivity index (χ1) is 21.6. The highest BCUT2D eigenvalue weighted by Crippen LogP contribution is 2.73. The highest BCUT2D eigenvalue weighted by molar-refractivity contribution is 8.14. The first-order valence-corrected chi connectivity index (χ1v) is 17.3. The zero-order chi connectivity index (χ0) is 33.4. The van der Waals surface area contributed by atoms with Gasteiger partial charge in [0.1, 0.15) is 0 Å². The van der Waals surface area contributed by atoms with E-state index in [-0.39, 0.29) is 52.4 Å². The maximum atomic E-state index is 14.7. The molecule has 2 unspecified atom stereocenters. The average molecular weight is 645 g/mol. The quantitative estimate of drug-likeness (QED) is 0.261. The van der Waals surface area contributed by atoms with Crippen LogP contribution in [0.3, 0.4) is 0 Å². The molecule has 0 amide bonds. The molecule has 3 saturated carbocycles. The second kappa shape index (κ2) is 11.2. The summed E-state index contributed by atoms with van der Waals surface area (Å²) in [6.45, 7) is 14.0. The van der Waals surface area contributed by atoms with Gasteiger partial charge in [-0.2, -0.15) is 0 Å². The largest absolute Gasteiger partial charge is 0.457 e. The van der Waals surface area contributed by atoms with E-state index in [0.717, 1.165) is 40.4 Å². The van der Waals surface area contributed by atoms with Crippen LogP contribution in [-0.4, -0.2) is 45.2 Å². The number of aliphatic hydroxyl groups is 1. The van der Waals surface area contributed by atoms with Gasteiger partial charge in [0.25, 0.3) is 0 Å². The van der Waals surface area contributed by atoms with E-state index in [4.69, 9.17) is 9.15 Å². The van der Waals surface area contributed by atoms with E-state index >= 15 is 0 Å². The number of carbonyl (C=O) groups excluding carboxylic acids is 4. The van der Waals surface area contributed by atoms with Gasteiger partial charge in [0.2, 0.25) is 10.9 Å². The molecule has 1 aromatic carbocycles. The highest BCUT2D eigenvalue weighted by Gasteiger charge is 2.75. The SMILES string of the molecule is Cc1cc(C)c(C(=O)CSC(=O)[C@@]2(OC(=O)c3ccco3)[C@H](C)CC3C4CCC5=CC(=O)C=C[C@]5(C)[C@@]4(C)[C@@H](O)C[C@@]32C)c(C)c1. The molecule has 46 heavy (non-hydrogen) atoms. The normalized spacial score (nSPS) is 36.3. The molecule has 3 fully saturated rings. The third kappa shape index (κ3) is 4.50. The molecule has 0 spiro atoms. The van der Waals surface area contributed by atoms with Crippen molar-refractivity contribution >= 4 is 34.4 Å². The van der Waals surface area contributed by atoms with E-state index < -0.39 is 33.9 Å². The summed E-state index contributed by atoms with van der Waals surface area (Å²) in [6.07, 6.45) is 8.14. The number of aryl methyl sites for hydroxylation is 3. The van der Waals surface area contributed by atoms with Gasteiger partial charge >= 0.3 is 5.97 Å². The molecule has 8 heteroatoms. The van der Waals surface area contributed by atoms with Gasteiger partial charge in [-0.3, -0.25) is 14.4 Å². The molecule has 1 aromatic heterocycles. The maximum absolute atomic E-state index is 14.7. The van der Waals surface area contributed by atoms with Gasteiger partial charge in [-0.1, -0.05) is 68.8 Å². The predicted octanol–water partition coefficient (Wildman–Crippen LogP) is 7.16. The predicted molar refractivity (Wildman–Crippen MR) is 176 cm³/mol. The second-order valence-electron chi connectivity index (χ2n) is 14.8. The first-order valence-electron chi connectivity index (χ1n) is 16.3. The van der Waals surface area contributed by atoms with Gasteiger partial charge in [-0.15, -0.1) is 0 Å². The van der Waals surface area contributed by atoms with E-state index in [1.165, 1.54) is 12.3 Å². The molecular weight excluding hydrogens is 600 g/mol. The molecule has 2 aromatic rings. The van der Waals surface area contributed by atoms with E-state index in [0.29, 0.717) is 18.4 Å². The number of allylic oxidation sites excluding steroid dienone is 4. The number of carbonyl (C=O) groups is 4. The number of rotatable bonds is 6. The van der Waals surface area contributed by atoms with Gasteiger partial charge in [0, 0.05) is 27.7 Å². The average Bonchev–Trinajstić information content (AvgIpc) is 3.59. The van der Waals surface area contributed by atoms with Crippen LogP contribution >= 0.6 is 11.8 Å². The molecule has 0 saturated heterocycles. The number of furan rings is 1. The van der Waals surface area contributed by atoms with E-state index in [2.05, 4.69) is 13.8 Å². The fourth-order valence-electron chi connectivity index (χ4n) is 10.2. The van der Waals surface area contributed by atoms with Crippen molar-refractivity contribution in [3.05, 3.63) is 82.3 Å². The van der Waals surface area contributed by atoms with E-state index in [1.807, 2.05) is 52.8 Å². The molecule has 1 heterocycles. The minimum absolute atomic E-state index is 0.00318. The molecular formula is C38H44O7S. The van der Waals surface area contributed by atoms with Crippen LogP contribution in [-0.2, 0) is 14.3 Å². The van der Waals surface area contributed by atoms with Crippen LogP contribution < -0.4 is 0 Å². The summed E-state index contributed by atoms with van der Waals surface area (Å²) in [5.74, 6) is -1.47. The third-order valence-electron chi connectivity index (χ3n) is 12.5. The lowest BCUT2D eigenvalue weighted by molar-refractivity contribution is -0.205. The van der Waals surface area contributed by atoms with Crippen molar-refractivity contribution in [2.75, 3.05) is 5.75 Å². The Bertz CT molecular complexity index is 1660.